The summed E-state index contributed by atoms with van der Waals surface area (Å²) >= 11 is 0. The zero-order chi connectivity index (χ0) is 28.5. The van der Waals surface area contributed by atoms with Crippen molar-refractivity contribution in [1.82, 2.24) is 0 Å². The van der Waals surface area contributed by atoms with Gasteiger partial charge < -0.3 is 19.3 Å². The number of hydrogen-bond acceptors (Lipinski definition) is 7. The van der Waals surface area contributed by atoms with Gasteiger partial charge in [0.05, 0.1) is 0 Å². The van der Waals surface area contributed by atoms with Crippen molar-refractivity contribution in [2.45, 2.75) is 104 Å². The highest BCUT2D eigenvalue weighted by Gasteiger charge is 2.66. The molecule has 0 amide bonds. The highest BCUT2D eigenvalue weighted by molar-refractivity contribution is 5.89. The molecule has 2 heterocycles. The van der Waals surface area contributed by atoms with Crippen molar-refractivity contribution in [2.75, 3.05) is 0 Å². The van der Waals surface area contributed by atoms with Crippen LogP contribution in [-0.4, -0.2) is 46.9 Å². The van der Waals surface area contributed by atoms with Gasteiger partial charge in [0.25, 0.3) is 0 Å². The Labute approximate surface area is 231 Å². The van der Waals surface area contributed by atoms with Gasteiger partial charge in [-0.1, -0.05) is 38.5 Å². The number of rotatable bonds is 3. The van der Waals surface area contributed by atoms with Crippen molar-refractivity contribution in [2.24, 2.45) is 28.6 Å². The number of esters is 3. The van der Waals surface area contributed by atoms with Crippen LogP contribution in [0.1, 0.15) is 80.6 Å². The Morgan fingerprint density at radius 1 is 1.15 bits per heavy atom. The van der Waals surface area contributed by atoms with E-state index in [0.29, 0.717) is 12.0 Å². The van der Waals surface area contributed by atoms with Gasteiger partial charge in [0, 0.05) is 29.9 Å². The molecule has 1 saturated carbocycles. The molecule has 0 aromatic heterocycles. The van der Waals surface area contributed by atoms with Gasteiger partial charge in [-0.05, 0) is 87.3 Å². The van der Waals surface area contributed by atoms with E-state index in [1.165, 1.54) is 24.1 Å². The van der Waals surface area contributed by atoms with Crippen molar-refractivity contribution in [3.05, 3.63) is 46.6 Å². The third kappa shape index (κ3) is 4.32. The van der Waals surface area contributed by atoms with Gasteiger partial charge in [-0.15, -0.1) is 0 Å². The van der Waals surface area contributed by atoms with Crippen molar-refractivity contribution in [1.29, 1.82) is 0 Å². The van der Waals surface area contributed by atoms with Gasteiger partial charge in [0.15, 0.2) is 0 Å². The number of aliphatic hydroxyl groups is 1. The molecule has 3 aliphatic carbocycles. The molecule has 212 valence electrons. The summed E-state index contributed by atoms with van der Waals surface area (Å²) in [5.41, 5.74) is 2.77. The van der Waals surface area contributed by atoms with Crippen LogP contribution in [0.2, 0.25) is 0 Å². The molecular formula is C32H42O7. The molecule has 0 aromatic rings. The van der Waals surface area contributed by atoms with Gasteiger partial charge in [-0.2, -0.15) is 0 Å². The van der Waals surface area contributed by atoms with Crippen molar-refractivity contribution in [3.63, 3.8) is 0 Å². The summed E-state index contributed by atoms with van der Waals surface area (Å²) in [6.45, 7) is 13.7. The number of allylic oxidation sites excluding steroid dienone is 3. The first-order valence-corrected chi connectivity index (χ1v) is 14.3. The normalized spacial score (nSPS) is 40.1. The molecule has 0 spiro atoms. The van der Waals surface area contributed by atoms with Crippen molar-refractivity contribution >= 4 is 17.9 Å². The Balaban J connectivity index is 1.57. The minimum atomic E-state index is -0.870. The number of aliphatic hydroxyl groups excluding tert-OH is 1. The van der Waals surface area contributed by atoms with Crippen LogP contribution in [0.25, 0.3) is 0 Å². The van der Waals surface area contributed by atoms with Crippen LogP contribution in [0.4, 0.5) is 0 Å². The molecule has 7 nitrogen and oxygen atoms in total. The van der Waals surface area contributed by atoms with Gasteiger partial charge >= 0.3 is 17.9 Å². The molecule has 7 heteroatoms. The SMILES string of the molecule is CC(=O)O[C@@H]1C[C@@H]([C@H](C)[C@@H]2OC(=O)C(C)=C[C@H]2O)[C@@]2(C)CCC3=C(CC[C@@H]4C(=C3)C=CC(=O)OC4(C)C)[C@]12C. The summed E-state index contributed by atoms with van der Waals surface area (Å²) in [7, 11) is 0. The maximum absolute atomic E-state index is 12.4. The zero-order valence-electron chi connectivity index (χ0n) is 24.2. The number of hydrogen-bond donors (Lipinski definition) is 1. The van der Waals surface area contributed by atoms with E-state index >= 15 is 0 Å². The minimum absolute atomic E-state index is 0.0516. The van der Waals surface area contributed by atoms with Gasteiger partial charge in [-0.25, -0.2) is 9.59 Å². The average Bonchev–Trinajstić information content (AvgIpc) is 2.96. The van der Waals surface area contributed by atoms with E-state index in [1.807, 2.05) is 19.9 Å². The summed E-state index contributed by atoms with van der Waals surface area (Å²) in [4.78, 5) is 37.1. The number of cyclic esters (lactones) is 2. The fraction of sp³-hybridized carbons (Fsp3) is 0.656. The second-order valence-electron chi connectivity index (χ2n) is 13.2. The van der Waals surface area contributed by atoms with Crippen molar-refractivity contribution in [3.8, 4) is 0 Å². The number of ether oxygens (including phenoxy) is 3. The van der Waals surface area contributed by atoms with E-state index < -0.39 is 29.2 Å². The fourth-order valence-corrected chi connectivity index (χ4v) is 8.63. The lowest BCUT2D eigenvalue weighted by Crippen LogP contribution is -2.50. The Hall–Kier alpha value is -2.67. The van der Waals surface area contributed by atoms with E-state index in [4.69, 9.17) is 14.2 Å². The van der Waals surface area contributed by atoms with Gasteiger partial charge in [0.2, 0.25) is 0 Å². The first-order chi connectivity index (χ1) is 18.2. The van der Waals surface area contributed by atoms with E-state index in [2.05, 4.69) is 26.8 Å². The lowest BCUT2D eigenvalue weighted by atomic mass is 9.52. The number of carbonyl (C=O) groups excluding carboxylic acids is 3. The number of carbonyl (C=O) groups is 3. The molecule has 0 bridgehead atoms. The Morgan fingerprint density at radius 3 is 2.56 bits per heavy atom. The maximum atomic E-state index is 12.4. The highest BCUT2D eigenvalue weighted by Crippen LogP contribution is 2.69. The molecule has 5 aliphatic rings. The average molecular weight is 539 g/mol. The van der Waals surface area contributed by atoms with Crippen LogP contribution in [0.3, 0.4) is 0 Å². The quantitative estimate of drug-likeness (QED) is 0.392. The maximum Gasteiger partial charge on any atom is 0.333 e. The summed E-state index contributed by atoms with van der Waals surface area (Å²) in [6, 6.07) is 0. The Morgan fingerprint density at radius 2 is 1.87 bits per heavy atom. The predicted molar refractivity (Wildman–Crippen MR) is 145 cm³/mol. The molecule has 8 atom stereocenters. The first kappa shape index (κ1) is 27.9. The second kappa shape index (κ2) is 9.46. The molecule has 2 aliphatic heterocycles. The summed E-state index contributed by atoms with van der Waals surface area (Å²) in [5, 5.41) is 10.9. The third-order valence-electron chi connectivity index (χ3n) is 10.9. The lowest BCUT2D eigenvalue weighted by Gasteiger charge is -2.53. The van der Waals surface area contributed by atoms with Crippen LogP contribution in [0.5, 0.6) is 0 Å². The minimum Gasteiger partial charge on any atom is -0.462 e. The third-order valence-corrected chi connectivity index (χ3v) is 10.9. The monoisotopic (exact) mass is 538 g/mol. The van der Waals surface area contributed by atoms with E-state index in [-0.39, 0.29) is 41.2 Å². The number of fused-ring (bicyclic) bond motifs is 3. The van der Waals surface area contributed by atoms with E-state index in [9.17, 15) is 19.5 Å². The molecule has 1 N–H and O–H groups in total. The fourth-order valence-electron chi connectivity index (χ4n) is 8.63. The molecule has 5 rings (SSSR count). The van der Waals surface area contributed by atoms with E-state index in [1.54, 1.807) is 13.0 Å². The van der Waals surface area contributed by atoms with E-state index in [0.717, 1.165) is 31.3 Å². The Bertz CT molecular complexity index is 1220. The smallest absolute Gasteiger partial charge is 0.333 e. The predicted octanol–water partition coefficient (Wildman–Crippen LogP) is 5.14. The molecule has 39 heavy (non-hydrogen) atoms. The van der Waals surface area contributed by atoms with Crippen LogP contribution in [-0.2, 0) is 28.6 Å². The van der Waals surface area contributed by atoms with Gasteiger partial charge in [-0.3, -0.25) is 4.79 Å². The second-order valence-corrected chi connectivity index (χ2v) is 13.2. The van der Waals surface area contributed by atoms with Crippen LogP contribution in [0, 0.1) is 28.6 Å². The van der Waals surface area contributed by atoms with Gasteiger partial charge in [0.1, 0.15) is 23.9 Å². The molecule has 0 aromatic carbocycles. The summed E-state index contributed by atoms with van der Waals surface area (Å²) < 4.78 is 17.7. The standard InChI is InChI=1S/C32H42O7/c1-17-14-25(34)28(38-29(17)36)18(2)24-16-26(37-19(3)33)32(7)23-10-9-22-20(8-11-27(35)39-30(22,4)5)15-21(23)12-13-31(24,32)6/h8,11,14-15,18,22,24-26,28,34H,9-10,12-13,16H2,1-7H3/t18-,22+,24-,25+,26+,28-,31+,32+/m0/s1. The van der Waals surface area contributed by atoms with Crippen LogP contribution < -0.4 is 0 Å². The molecule has 0 unspecified atom stereocenters. The largest absolute Gasteiger partial charge is 0.462 e. The molecule has 0 saturated heterocycles. The molecule has 1 fully saturated rings. The Kier molecular flexibility index (Phi) is 6.77. The topological polar surface area (TPSA) is 99.1 Å². The van der Waals surface area contributed by atoms with Crippen molar-refractivity contribution < 1.29 is 33.7 Å². The highest BCUT2D eigenvalue weighted by atomic mass is 16.6. The molecular weight excluding hydrogens is 496 g/mol. The zero-order valence-corrected chi connectivity index (χ0v) is 24.2. The molecule has 0 radical (unpaired) electrons. The van der Waals surface area contributed by atoms with Crippen LogP contribution in [0.15, 0.2) is 46.6 Å². The van der Waals surface area contributed by atoms with Crippen LogP contribution >= 0.6 is 0 Å². The first-order valence-electron chi connectivity index (χ1n) is 14.3. The summed E-state index contributed by atoms with van der Waals surface area (Å²) in [6.07, 6.45) is 9.41. The summed E-state index contributed by atoms with van der Waals surface area (Å²) in [5.74, 6) is -1.05. The lowest BCUT2D eigenvalue weighted by molar-refractivity contribution is -0.159.